The van der Waals surface area contributed by atoms with Gasteiger partial charge >= 0.3 is 0 Å². The molecule has 110 valence electrons. The monoisotopic (exact) mass is 294 g/mol. The van der Waals surface area contributed by atoms with Crippen LogP contribution in [-0.4, -0.2) is 18.5 Å². The molecule has 1 heterocycles. The number of amides is 1. The van der Waals surface area contributed by atoms with Gasteiger partial charge in [-0.05, 0) is 43.0 Å². The van der Waals surface area contributed by atoms with Crippen LogP contribution in [0, 0.1) is 5.92 Å². The number of halogens is 1. The van der Waals surface area contributed by atoms with Crippen LogP contribution in [0.25, 0.3) is 0 Å². The van der Waals surface area contributed by atoms with Crippen molar-refractivity contribution in [2.24, 2.45) is 5.92 Å². The summed E-state index contributed by atoms with van der Waals surface area (Å²) >= 11 is 5.93. The molecule has 1 aliphatic rings. The number of carbonyl (C=O) groups is 1. The summed E-state index contributed by atoms with van der Waals surface area (Å²) in [6, 6.07) is 7.71. The van der Waals surface area contributed by atoms with Gasteiger partial charge in [0.05, 0.1) is 12.1 Å². The maximum Gasteiger partial charge on any atom is 0.237 e. The molecule has 0 bridgehead atoms. The molecule has 0 aliphatic carbocycles. The summed E-state index contributed by atoms with van der Waals surface area (Å²) in [6.45, 7) is 5.17. The summed E-state index contributed by atoms with van der Waals surface area (Å²) in [5.41, 5.74) is 1.11. The Labute approximate surface area is 126 Å². The Balaban J connectivity index is 2.05. The van der Waals surface area contributed by atoms with Crippen LogP contribution in [0.3, 0.4) is 0 Å². The second-order valence-electron chi connectivity index (χ2n) is 5.78. The number of carbonyl (C=O) groups excluding carboxylic acids is 1. The third-order valence-electron chi connectivity index (χ3n) is 3.82. The number of hydrogen-bond donors (Lipinski definition) is 2. The van der Waals surface area contributed by atoms with Crippen molar-refractivity contribution < 1.29 is 4.79 Å². The Kier molecular flexibility index (Phi) is 5.44. The number of benzene rings is 1. The van der Waals surface area contributed by atoms with Gasteiger partial charge in [0.1, 0.15) is 0 Å². The first-order valence-electron chi connectivity index (χ1n) is 7.37. The number of rotatable bonds is 4. The second kappa shape index (κ2) is 7.09. The van der Waals surface area contributed by atoms with E-state index in [2.05, 4.69) is 24.5 Å². The molecule has 0 aromatic heterocycles. The van der Waals surface area contributed by atoms with Crippen molar-refractivity contribution in [3.8, 4) is 0 Å². The molecule has 2 rings (SSSR count). The maximum absolute atomic E-state index is 12.4. The van der Waals surface area contributed by atoms with E-state index in [1.54, 1.807) is 0 Å². The average molecular weight is 295 g/mol. The standard InChI is InChI=1S/C16H23ClN2O/c1-11(2)15(12-6-8-13(17)9-7-12)19-16(20)14-5-3-4-10-18-14/h6-9,11,14-15,18H,3-5,10H2,1-2H3,(H,19,20)/t14-,15?/m1/s1. The van der Waals surface area contributed by atoms with Crippen LogP contribution in [0.15, 0.2) is 24.3 Å². The Hall–Kier alpha value is -1.06. The van der Waals surface area contributed by atoms with E-state index < -0.39 is 0 Å². The van der Waals surface area contributed by atoms with Crippen LogP contribution in [0.5, 0.6) is 0 Å². The van der Waals surface area contributed by atoms with Crippen molar-refractivity contribution in [2.75, 3.05) is 6.54 Å². The van der Waals surface area contributed by atoms with Gasteiger partial charge in [-0.2, -0.15) is 0 Å². The molecule has 1 aromatic rings. The van der Waals surface area contributed by atoms with Gasteiger partial charge in [0.15, 0.2) is 0 Å². The van der Waals surface area contributed by atoms with E-state index in [0.717, 1.165) is 36.4 Å². The van der Waals surface area contributed by atoms with Gasteiger partial charge in [-0.3, -0.25) is 4.79 Å². The molecule has 1 fully saturated rings. The van der Waals surface area contributed by atoms with Gasteiger partial charge < -0.3 is 10.6 Å². The van der Waals surface area contributed by atoms with Crippen molar-refractivity contribution in [3.63, 3.8) is 0 Å². The van der Waals surface area contributed by atoms with E-state index in [-0.39, 0.29) is 18.0 Å². The lowest BCUT2D eigenvalue weighted by molar-refractivity contribution is -0.124. The minimum absolute atomic E-state index is 0.0310. The summed E-state index contributed by atoms with van der Waals surface area (Å²) in [7, 11) is 0. The van der Waals surface area contributed by atoms with Crippen molar-refractivity contribution in [1.29, 1.82) is 0 Å². The fraction of sp³-hybridized carbons (Fsp3) is 0.562. The van der Waals surface area contributed by atoms with Crippen molar-refractivity contribution in [3.05, 3.63) is 34.9 Å². The molecule has 2 N–H and O–H groups in total. The maximum atomic E-state index is 12.4. The highest BCUT2D eigenvalue weighted by Crippen LogP contribution is 2.23. The fourth-order valence-electron chi connectivity index (χ4n) is 2.63. The lowest BCUT2D eigenvalue weighted by atomic mass is 9.95. The Morgan fingerprint density at radius 1 is 1.30 bits per heavy atom. The SMILES string of the molecule is CC(C)C(NC(=O)[C@H]1CCCCN1)c1ccc(Cl)cc1. The van der Waals surface area contributed by atoms with E-state index in [9.17, 15) is 4.79 Å². The zero-order valence-corrected chi connectivity index (χ0v) is 12.9. The molecule has 0 radical (unpaired) electrons. The first-order chi connectivity index (χ1) is 9.58. The molecule has 1 amide bonds. The van der Waals surface area contributed by atoms with E-state index in [1.165, 1.54) is 0 Å². The van der Waals surface area contributed by atoms with Crippen molar-refractivity contribution in [2.45, 2.75) is 45.2 Å². The largest absolute Gasteiger partial charge is 0.348 e. The number of piperidine rings is 1. The van der Waals surface area contributed by atoms with Gasteiger partial charge in [-0.25, -0.2) is 0 Å². The summed E-state index contributed by atoms with van der Waals surface area (Å²) in [4.78, 5) is 12.4. The van der Waals surface area contributed by atoms with Gasteiger partial charge in [0.2, 0.25) is 5.91 Å². The number of hydrogen-bond acceptors (Lipinski definition) is 2. The Morgan fingerprint density at radius 2 is 2.00 bits per heavy atom. The molecule has 0 saturated carbocycles. The summed E-state index contributed by atoms with van der Waals surface area (Å²) in [5.74, 6) is 0.446. The smallest absolute Gasteiger partial charge is 0.237 e. The molecule has 3 nitrogen and oxygen atoms in total. The Morgan fingerprint density at radius 3 is 2.55 bits per heavy atom. The van der Waals surface area contributed by atoms with Gasteiger partial charge in [-0.1, -0.05) is 44.0 Å². The topological polar surface area (TPSA) is 41.1 Å². The minimum Gasteiger partial charge on any atom is -0.348 e. The van der Waals surface area contributed by atoms with Crippen LogP contribution in [0.2, 0.25) is 5.02 Å². The third kappa shape index (κ3) is 3.97. The van der Waals surface area contributed by atoms with E-state index in [1.807, 2.05) is 24.3 Å². The predicted octanol–water partition coefficient (Wildman–Crippen LogP) is 3.30. The van der Waals surface area contributed by atoms with Crippen LogP contribution in [0.1, 0.15) is 44.7 Å². The first kappa shape index (κ1) is 15.3. The highest BCUT2D eigenvalue weighted by molar-refractivity contribution is 6.30. The van der Waals surface area contributed by atoms with Crippen LogP contribution in [-0.2, 0) is 4.79 Å². The van der Waals surface area contributed by atoms with Gasteiger partial charge in [-0.15, -0.1) is 0 Å². The fourth-order valence-corrected chi connectivity index (χ4v) is 2.76. The summed E-state index contributed by atoms with van der Waals surface area (Å²) in [5, 5.41) is 7.19. The average Bonchev–Trinajstić information content (AvgIpc) is 2.46. The molecule has 0 spiro atoms. The molecular formula is C16H23ClN2O. The third-order valence-corrected chi connectivity index (χ3v) is 4.07. The van der Waals surface area contributed by atoms with Gasteiger partial charge in [0, 0.05) is 5.02 Å². The van der Waals surface area contributed by atoms with E-state index in [0.29, 0.717) is 5.92 Å². The first-order valence-corrected chi connectivity index (χ1v) is 7.75. The summed E-state index contributed by atoms with van der Waals surface area (Å²) in [6.07, 6.45) is 3.21. The number of nitrogens with one attached hydrogen (secondary N) is 2. The molecule has 1 saturated heterocycles. The molecule has 1 aliphatic heterocycles. The van der Waals surface area contributed by atoms with E-state index >= 15 is 0 Å². The zero-order chi connectivity index (χ0) is 14.5. The highest BCUT2D eigenvalue weighted by atomic mass is 35.5. The van der Waals surface area contributed by atoms with Crippen LogP contribution < -0.4 is 10.6 Å². The van der Waals surface area contributed by atoms with Crippen LogP contribution >= 0.6 is 11.6 Å². The lowest BCUT2D eigenvalue weighted by Gasteiger charge is -2.28. The minimum atomic E-state index is -0.0442. The Bertz CT molecular complexity index is 438. The summed E-state index contributed by atoms with van der Waals surface area (Å²) < 4.78 is 0. The van der Waals surface area contributed by atoms with Crippen molar-refractivity contribution in [1.82, 2.24) is 10.6 Å². The molecule has 2 atom stereocenters. The molecule has 1 unspecified atom stereocenters. The normalized spacial score (nSPS) is 20.7. The molecular weight excluding hydrogens is 272 g/mol. The predicted molar refractivity (Wildman–Crippen MR) is 82.8 cm³/mol. The highest BCUT2D eigenvalue weighted by Gasteiger charge is 2.25. The van der Waals surface area contributed by atoms with Crippen LogP contribution in [0.4, 0.5) is 0 Å². The lowest BCUT2D eigenvalue weighted by Crippen LogP contribution is -2.48. The molecule has 1 aromatic carbocycles. The second-order valence-corrected chi connectivity index (χ2v) is 6.22. The molecule has 20 heavy (non-hydrogen) atoms. The van der Waals surface area contributed by atoms with E-state index in [4.69, 9.17) is 11.6 Å². The zero-order valence-electron chi connectivity index (χ0n) is 12.2. The quantitative estimate of drug-likeness (QED) is 0.894. The molecule has 4 heteroatoms. The van der Waals surface area contributed by atoms with Gasteiger partial charge in [0.25, 0.3) is 0 Å². The van der Waals surface area contributed by atoms with Crippen molar-refractivity contribution >= 4 is 17.5 Å².